The van der Waals surface area contributed by atoms with Crippen molar-refractivity contribution < 1.29 is 28.6 Å². The zero-order valence-electron chi connectivity index (χ0n) is 42.0. The molecule has 0 aromatic rings. The lowest BCUT2D eigenvalue weighted by Crippen LogP contribution is -2.30. The standard InChI is InChI=1S/C58H100O6/c1-4-7-10-13-16-19-22-24-26-27-28-29-30-31-33-34-36-39-42-45-48-51-57(60)63-54-55(53-62-56(59)50-47-44-41-38-21-18-15-12-9-6-3)64-58(61)52-49-46-43-40-37-35-32-25-23-20-17-14-11-8-5-2/h7,10,16,19,24,26,28-29,31,33,36,39,55H,4-6,8-9,11-15,17-18,20-23,25,27,30,32,34-35,37-38,40-54H2,1-3H3/b10-7-,19-16-,26-24-,29-28-,33-31-,39-36-. The molecule has 0 aromatic carbocycles. The molecule has 0 aliphatic heterocycles. The van der Waals surface area contributed by atoms with Crippen molar-refractivity contribution in [1.29, 1.82) is 0 Å². The number of unbranched alkanes of at least 4 members (excludes halogenated alkanes) is 25. The zero-order chi connectivity index (χ0) is 46.5. The molecule has 0 amide bonds. The molecule has 0 N–H and O–H groups in total. The van der Waals surface area contributed by atoms with Crippen LogP contribution < -0.4 is 0 Å². The Morgan fingerprint density at radius 2 is 0.609 bits per heavy atom. The fourth-order valence-corrected chi connectivity index (χ4v) is 7.45. The van der Waals surface area contributed by atoms with Crippen LogP contribution in [0.5, 0.6) is 0 Å². The molecule has 0 radical (unpaired) electrons. The number of allylic oxidation sites excluding steroid dienone is 12. The predicted octanol–water partition coefficient (Wildman–Crippen LogP) is 17.8. The molecule has 1 atom stereocenters. The number of carbonyl (C=O) groups excluding carboxylic acids is 3. The van der Waals surface area contributed by atoms with Crippen LogP contribution in [0, 0.1) is 0 Å². The quantitative estimate of drug-likeness (QED) is 0.0262. The van der Waals surface area contributed by atoms with Crippen molar-refractivity contribution in [2.45, 2.75) is 264 Å². The summed E-state index contributed by atoms with van der Waals surface area (Å²) in [7, 11) is 0. The van der Waals surface area contributed by atoms with Gasteiger partial charge in [0, 0.05) is 19.3 Å². The van der Waals surface area contributed by atoms with E-state index < -0.39 is 6.10 Å². The van der Waals surface area contributed by atoms with Crippen molar-refractivity contribution in [2.24, 2.45) is 0 Å². The monoisotopic (exact) mass is 893 g/mol. The van der Waals surface area contributed by atoms with Crippen LogP contribution in [0.2, 0.25) is 0 Å². The Hall–Kier alpha value is -3.15. The van der Waals surface area contributed by atoms with E-state index in [4.69, 9.17) is 14.2 Å². The molecule has 0 rings (SSSR count). The van der Waals surface area contributed by atoms with Crippen molar-refractivity contribution in [3.05, 3.63) is 72.9 Å². The third kappa shape index (κ3) is 49.9. The fourth-order valence-electron chi connectivity index (χ4n) is 7.45. The minimum Gasteiger partial charge on any atom is -0.462 e. The van der Waals surface area contributed by atoms with Gasteiger partial charge in [-0.1, -0.05) is 241 Å². The number of hydrogen-bond donors (Lipinski definition) is 0. The normalized spacial score (nSPS) is 12.6. The van der Waals surface area contributed by atoms with Gasteiger partial charge in [-0.15, -0.1) is 0 Å². The van der Waals surface area contributed by atoms with Crippen LogP contribution in [0.15, 0.2) is 72.9 Å². The molecule has 0 spiro atoms. The second kappa shape index (κ2) is 52.5. The van der Waals surface area contributed by atoms with Gasteiger partial charge in [0.1, 0.15) is 13.2 Å². The highest BCUT2D eigenvalue weighted by atomic mass is 16.6. The van der Waals surface area contributed by atoms with E-state index in [2.05, 4.69) is 93.7 Å². The molecule has 0 saturated carbocycles. The number of ether oxygens (including phenoxy) is 3. The Balaban J connectivity index is 4.40. The van der Waals surface area contributed by atoms with E-state index in [-0.39, 0.29) is 31.1 Å². The van der Waals surface area contributed by atoms with Gasteiger partial charge in [0.15, 0.2) is 6.10 Å². The van der Waals surface area contributed by atoms with Gasteiger partial charge < -0.3 is 14.2 Å². The molecule has 0 bridgehead atoms. The summed E-state index contributed by atoms with van der Waals surface area (Å²) in [6.45, 7) is 6.49. The summed E-state index contributed by atoms with van der Waals surface area (Å²) in [6.07, 6.45) is 66.0. The van der Waals surface area contributed by atoms with Gasteiger partial charge in [0.2, 0.25) is 0 Å². The van der Waals surface area contributed by atoms with Gasteiger partial charge in [-0.05, 0) is 70.6 Å². The van der Waals surface area contributed by atoms with Crippen LogP contribution >= 0.6 is 0 Å². The van der Waals surface area contributed by atoms with Crippen molar-refractivity contribution >= 4 is 17.9 Å². The molecule has 1 unspecified atom stereocenters. The molecule has 0 fully saturated rings. The van der Waals surface area contributed by atoms with E-state index in [0.717, 1.165) is 96.3 Å². The second-order valence-corrected chi connectivity index (χ2v) is 17.8. The van der Waals surface area contributed by atoms with E-state index in [1.807, 2.05) is 0 Å². The van der Waals surface area contributed by atoms with Crippen LogP contribution in [-0.4, -0.2) is 37.2 Å². The summed E-state index contributed by atoms with van der Waals surface area (Å²) in [4.78, 5) is 38.0. The number of carbonyl (C=O) groups is 3. The number of esters is 3. The first-order chi connectivity index (χ1) is 31.5. The Labute approximate surface area is 395 Å². The molecule has 0 heterocycles. The lowest BCUT2D eigenvalue weighted by Gasteiger charge is -2.18. The molecule has 368 valence electrons. The Bertz CT molecular complexity index is 1210. The average molecular weight is 893 g/mol. The van der Waals surface area contributed by atoms with E-state index in [0.29, 0.717) is 19.3 Å². The van der Waals surface area contributed by atoms with Crippen LogP contribution in [0.1, 0.15) is 258 Å². The minimum absolute atomic E-state index is 0.0862. The lowest BCUT2D eigenvalue weighted by atomic mass is 10.0. The summed E-state index contributed by atoms with van der Waals surface area (Å²) in [5.74, 6) is -0.926. The molecular formula is C58H100O6. The van der Waals surface area contributed by atoms with Crippen molar-refractivity contribution in [1.82, 2.24) is 0 Å². The van der Waals surface area contributed by atoms with E-state index >= 15 is 0 Å². The SMILES string of the molecule is CC/C=C\C/C=C\C/C=C\C/C=C\C/C=C\C/C=C\CCCCC(=O)OCC(COC(=O)CCCCCCCCCCCC)OC(=O)CCCCCCCCCCCCCCCCC. The Morgan fingerprint density at radius 3 is 0.953 bits per heavy atom. The van der Waals surface area contributed by atoms with E-state index in [1.54, 1.807) is 0 Å². The fraction of sp³-hybridized carbons (Fsp3) is 0.741. The first-order valence-electron chi connectivity index (χ1n) is 26.9. The van der Waals surface area contributed by atoms with Gasteiger partial charge in [0.05, 0.1) is 0 Å². The van der Waals surface area contributed by atoms with Crippen molar-refractivity contribution in [3.63, 3.8) is 0 Å². The highest BCUT2D eigenvalue weighted by molar-refractivity contribution is 5.71. The molecular weight excluding hydrogens is 793 g/mol. The number of rotatable bonds is 48. The predicted molar refractivity (Wildman–Crippen MR) is 274 cm³/mol. The molecule has 6 nitrogen and oxygen atoms in total. The maximum Gasteiger partial charge on any atom is 0.306 e. The Morgan fingerprint density at radius 1 is 0.328 bits per heavy atom. The summed E-state index contributed by atoms with van der Waals surface area (Å²) >= 11 is 0. The molecule has 0 aliphatic carbocycles. The minimum atomic E-state index is -0.789. The van der Waals surface area contributed by atoms with Crippen LogP contribution in [0.25, 0.3) is 0 Å². The topological polar surface area (TPSA) is 78.9 Å². The molecule has 0 saturated heterocycles. The van der Waals surface area contributed by atoms with Gasteiger partial charge in [0.25, 0.3) is 0 Å². The van der Waals surface area contributed by atoms with Crippen LogP contribution in [0.4, 0.5) is 0 Å². The third-order valence-electron chi connectivity index (χ3n) is 11.5. The Kier molecular flexibility index (Phi) is 49.9. The van der Waals surface area contributed by atoms with E-state index in [9.17, 15) is 14.4 Å². The van der Waals surface area contributed by atoms with E-state index in [1.165, 1.54) is 122 Å². The zero-order valence-corrected chi connectivity index (χ0v) is 42.0. The average Bonchev–Trinajstić information content (AvgIpc) is 3.29. The highest BCUT2D eigenvalue weighted by Crippen LogP contribution is 2.15. The van der Waals surface area contributed by atoms with Crippen LogP contribution in [0.3, 0.4) is 0 Å². The van der Waals surface area contributed by atoms with Gasteiger partial charge >= 0.3 is 17.9 Å². The first-order valence-corrected chi connectivity index (χ1v) is 26.9. The van der Waals surface area contributed by atoms with Crippen molar-refractivity contribution in [2.75, 3.05) is 13.2 Å². The molecule has 0 aliphatic rings. The van der Waals surface area contributed by atoms with Gasteiger partial charge in [-0.3, -0.25) is 14.4 Å². The summed E-state index contributed by atoms with van der Waals surface area (Å²) in [6, 6.07) is 0. The third-order valence-corrected chi connectivity index (χ3v) is 11.5. The summed E-state index contributed by atoms with van der Waals surface area (Å²) in [5, 5.41) is 0. The highest BCUT2D eigenvalue weighted by Gasteiger charge is 2.19. The van der Waals surface area contributed by atoms with Crippen molar-refractivity contribution in [3.8, 4) is 0 Å². The second-order valence-electron chi connectivity index (χ2n) is 17.8. The van der Waals surface area contributed by atoms with Gasteiger partial charge in [-0.2, -0.15) is 0 Å². The van der Waals surface area contributed by atoms with Gasteiger partial charge in [-0.25, -0.2) is 0 Å². The maximum atomic E-state index is 12.8. The largest absolute Gasteiger partial charge is 0.462 e. The molecule has 6 heteroatoms. The van der Waals surface area contributed by atoms with Crippen LogP contribution in [-0.2, 0) is 28.6 Å². The first kappa shape index (κ1) is 60.9. The molecule has 0 aromatic heterocycles. The smallest absolute Gasteiger partial charge is 0.306 e. The summed E-state index contributed by atoms with van der Waals surface area (Å²) in [5.41, 5.74) is 0. The molecule has 64 heavy (non-hydrogen) atoms. The summed E-state index contributed by atoms with van der Waals surface area (Å²) < 4.78 is 16.8. The maximum absolute atomic E-state index is 12.8. The lowest BCUT2D eigenvalue weighted by molar-refractivity contribution is -0.167. The number of hydrogen-bond acceptors (Lipinski definition) is 6.